The van der Waals surface area contributed by atoms with Crippen LogP contribution in [0.4, 0.5) is 0 Å². The number of benzene rings is 2. The van der Waals surface area contributed by atoms with Gasteiger partial charge in [0.25, 0.3) is 5.22 Å². The summed E-state index contributed by atoms with van der Waals surface area (Å²) in [5.41, 5.74) is 3.02. The predicted molar refractivity (Wildman–Crippen MR) is 103 cm³/mol. The summed E-state index contributed by atoms with van der Waals surface area (Å²) in [6.45, 7) is 0.797. The molecule has 27 heavy (non-hydrogen) atoms. The lowest BCUT2D eigenvalue weighted by Crippen LogP contribution is -2.13. The predicted octanol–water partition coefficient (Wildman–Crippen LogP) is 4.17. The highest BCUT2D eigenvalue weighted by molar-refractivity contribution is 7.98. The molecule has 4 aromatic rings. The molecule has 6 nitrogen and oxygen atoms in total. The molecule has 0 fully saturated rings. The first-order valence-electron chi connectivity index (χ1n) is 8.50. The van der Waals surface area contributed by atoms with E-state index >= 15 is 0 Å². The van der Waals surface area contributed by atoms with Gasteiger partial charge in [-0.05, 0) is 29.8 Å². The highest BCUT2D eigenvalue weighted by Gasteiger charge is 2.14. The quantitative estimate of drug-likeness (QED) is 0.354. The van der Waals surface area contributed by atoms with Crippen molar-refractivity contribution >= 4 is 28.8 Å². The van der Waals surface area contributed by atoms with Crippen LogP contribution in [-0.2, 0) is 17.0 Å². The van der Waals surface area contributed by atoms with Crippen LogP contribution in [0.25, 0.3) is 11.1 Å². The van der Waals surface area contributed by atoms with Gasteiger partial charge in [0.05, 0.1) is 12.1 Å². The van der Waals surface area contributed by atoms with Crippen molar-refractivity contribution in [2.75, 3.05) is 6.61 Å². The molecular weight excluding hydrogens is 362 g/mol. The molecule has 2 aromatic heterocycles. The van der Waals surface area contributed by atoms with Crippen LogP contribution >= 0.6 is 11.8 Å². The van der Waals surface area contributed by atoms with Gasteiger partial charge in [0, 0.05) is 18.1 Å². The van der Waals surface area contributed by atoms with E-state index < -0.39 is 0 Å². The summed E-state index contributed by atoms with van der Waals surface area (Å²) in [5, 5.41) is 4.67. The number of fused-ring (bicyclic) bond motifs is 1. The molecule has 0 atom stereocenters. The number of rotatable bonds is 7. The fourth-order valence-electron chi connectivity index (χ4n) is 2.64. The summed E-state index contributed by atoms with van der Waals surface area (Å²) >= 11 is 1.45. The number of carbonyl (C=O) groups is 1. The van der Waals surface area contributed by atoms with Gasteiger partial charge in [0.1, 0.15) is 12.1 Å². The largest absolute Gasteiger partial charge is 0.460 e. The summed E-state index contributed by atoms with van der Waals surface area (Å²) in [5.74, 6) is 0.230. The fourth-order valence-corrected chi connectivity index (χ4v) is 3.48. The maximum Gasteiger partial charge on any atom is 0.338 e. The van der Waals surface area contributed by atoms with E-state index in [1.807, 2.05) is 54.7 Å². The van der Waals surface area contributed by atoms with Gasteiger partial charge < -0.3 is 9.15 Å². The number of carbonyl (C=O) groups excluding carboxylic acids is 1. The molecule has 0 aliphatic carbocycles. The van der Waals surface area contributed by atoms with Crippen LogP contribution in [0.5, 0.6) is 0 Å². The third kappa shape index (κ3) is 4.20. The third-order valence-electron chi connectivity index (χ3n) is 3.98. The average molecular weight is 379 g/mol. The Bertz CT molecular complexity index is 1010. The van der Waals surface area contributed by atoms with Gasteiger partial charge in [-0.1, -0.05) is 42.1 Å². The number of hydrogen-bond acceptors (Lipinski definition) is 6. The molecule has 2 heterocycles. The molecule has 0 N–H and O–H groups in total. The minimum absolute atomic E-state index is 0.271. The lowest BCUT2D eigenvalue weighted by molar-refractivity contribution is 0.0486. The Hall–Kier alpha value is -3.06. The molecule has 4 rings (SSSR count). The zero-order valence-electron chi connectivity index (χ0n) is 14.4. The van der Waals surface area contributed by atoms with Crippen molar-refractivity contribution in [3.05, 3.63) is 78.1 Å². The van der Waals surface area contributed by atoms with E-state index in [0.29, 0.717) is 23.1 Å². The van der Waals surface area contributed by atoms with Gasteiger partial charge in [-0.15, -0.1) is 0 Å². The molecule has 0 saturated heterocycles. The highest BCUT2D eigenvalue weighted by atomic mass is 32.2. The highest BCUT2D eigenvalue weighted by Crippen LogP contribution is 2.27. The van der Waals surface area contributed by atoms with Gasteiger partial charge in [0.2, 0.25) is 0 Å². The minimum Gasteiger partial charge on any atom is -0.460 e. The second-order valence-corrected chi connectivity index (χ2v) is 6.72. The van der Waals surface area contributed by atoms with Crippen LogP contribution in [0.3, 0.4) is 0 Å². The number of thioether (sulfide) groups is 1. The zero-order chi connectivity index (χ0) is 18.5. The molecular formula is C20H17N3O3S. The summed E-state index contributed by atoms with van der Waals surface area (Å²) in [6.07, 6.45) is 3.53. The van der Waals surface area contributed by atoms with Crippen LogP contribution in [-0.4, -0.2) is 27.3 Å². The molecule has 0 saturated carbocycles. The summed E-state index contributed by atoms with van der Waals surface area (Å²) in [7, 11) is 0. The molecule has 0 bridgehead atoms. The minimum atomic E-state index is -0.337. The molecule has 7 heteroatoms. The Kier molecular flexibility index (Phi) is 5.20. The zero-order valence-corrected chi connectivity index (χ0v) is 15.3. The molecule has 0 spiro atoms. The first-order valence-corrected chi connectivity index (χ1v) is 9.49. The Balaban J connectivity index is 1.40. The van der Waals surface area contributed by atoms with Crippen LogP contribution in [0.2, 0.25) is 0 Å². The molecule has 136 valence electrons. The van der Waals surface area contributed by atoms with Gasteiger partial charge in [0.15, 0.2) is 5.58 Å². The third-order valence-corrected chi connectivity index (χ3v) is 4.85. The molecule has 0 radical (unpaired) electrons. The van der Waals surface area contributed by atoms with Crippen molar-refractivity contribution in [3.8, 4) is 0 Å². The van der Waals surface area contributed by atoms with Gasteiger partial charge >= 0.3 is 5.97 Å². The molecule has 0 aliphatic rings. The first-order chi connectivity index (χ1) is 13.3. The smallest absolute Gasteiger partial charge is 0.338 e. The van der Waals surface area contributed by atoms with E-state index in [9.17, 15) is 4.79 Å². The number of ether oxygens (including phenoxy) is 1. The van der Waals surface area contributed by atoms with Crippen molar-refractivity contribution in [2.45, 2.75) is 17.5 Å². The second-order valence-electron chi connectivity index (χ2n) is 5.80. The number of aromatic nitrogens is 3. The number of nitrogens with zero attached hydrogens (tertiary/aromatic N) is 3. The second kappa shape index (κ2) is 8.09. The molecule has 0 unspecified atom stereocenters. The normalized spacial score (nSPS) is 11.0. The van der Waals surface area contributed by atoms with E-state index in [1.54, 1.807) is 16.9 Å². The Morgan fingerprint density at radius 2 is 1.96 bits per heavy atom. The van der Waals surface area contributed by atoms with Crippen LogP contribution < -0.4 is 0 Å². The summed E-state index contributed by atoms with van der Waals surface area (Å²) < 4.78 is 12.8. The lowest BCUT2D eigenvalue weighted by Gasteiger charge is -2.09. The number of para-hydroxylation sites is 2. The van der Waals surface area contributed by atoms with Gasteiger partial charge in [-0.3, -0.25) is 4.68 Å². The van der Waals surface area contributed by atoms with Crippen LogP contribution in [0.1, 0.15) is 15.9 Å². The van der Waals surface area contributed by atoms with Gasteiger partial charge in [-0.25, -0.2) is 9.78 Å². The SMILES string of the molecule is O=C(OCCn1cccn1)c1ccccc1CSc1nc2ccccc2o1. The van der Waals surface area contributed by atoms with Crippen molar-refractivity contribution in [1.29, 1.82) is 0 Å². The number of hydrogen-bond donors (Lipinski definition) is 0. The Morgan fingerprint density at radius 1 is 1.11 bits per heavy atom. The van der Waals surface area contributed by atoms with E-state index in [-0.39, 0.29) is 12.6 Å². The first kappa shape index (κ1) is 17.4. The molecule has 0 amide bonds. The van der Waals surface area contributed by atoms with Crippen molar-refractivity contribution in [2.24, 2.45) is 0 Å². The number of esters is 1. The van der Waals surface area contributed by atoms with E-state index in [1.165, 1.54) is 11.8 Å². The summed E-state index contributed by atoms with van der Waals surface area (Å²) in [6, 6.07) is 16.9. The van der Waals surface area contributed by atoms with E-state index in [4.69, 9.17) is 9.15 Å². The topological polar surface area (TPSA) is 70.2 Å². The monoisotopic (exact) mass is 379 g/mol. The maximum absolute atomic E-state index is 12.4. The average Bonchev–Trinajstić information content (AvgIpc) is 3.35. The van der Waals surface area contributed by atoms with Crippen LogP contribution in [0.15, 0.2) is 76.6 Å². The lowest BCUT2D eigenvalue weighted by atomic mass is 10.1. The molecule has 0 aliphatic heterocycles. The summed E-state index contributed by atoms with van der Waals surface area (Å²) in [4.78, 5) is 16.9. The Morgan fingerprint density at radius 3 is 2.81 bits per heavy atom. The van der Waals surface area contributed by atoms with Crippen molar-refractivity contribution < 1.29 is 13.9 Å². The Labute approximate surface area is 160 Å². The number of oxazole rings is 1. The van der Waals surface area contributed by atoms with Gasteiger partial charge in [-0.2, -0.15) is 5.10 Å². The fraction of sp³-hybridized carbons (Fsp3) is 0.150. The molecule has 2 aromatic carbocycles. The van der Waals surface area contributed by atoms with Crippen LogP contribution in [0, 0.1) is 0 Å². The maximum atomic E-state index is 12.4. The van der Waals surface area contributed by atoms with E-state index in [2.05, 4.69) is 10.1 Å². The van der Waals surface area contributed by atoms with Crippen molar-refractivity contribution in [3.63, 3.8) is 0 Å². The standard InChI is InChI=1S/C20H17N3O3S/c24-19(25-13-12-23-11-5-10-21-23)16-7-2-1-6-15(16)14-27-20-22-17-8-3-4-9-18(17)26-20/h1-11H,12-14H2. The van der Waals surface area contributed by atoms with E-state index in [0.717, 1.165) is 16.7 Å². The van der Waals surface area contributed by atoms with Crippen molar-refractivity contribution in [1.82, 2.24) is 14.8 Å².